The zero-order chi connectivity index (χ0) is 14.8. The number of aryl methyl sites for hydroxylation is 1. The van der Waals surface area contributed by atoms with Crippen LogP contribution in [0.3, 0.4) is 0 Å². The van der Waals surface area contributed by atoms with Crippen molar-refractivity contribution in [3.05, 3.63) is 16.0 Å². The Hall–Kier alpha value is -1.40. The molecule has 1 aliphatic heterocycles. The van der Waals surface area contributed by atoms with Gasteiger partial charge in [0.1, 0.15) is 5.00 Å². The predicted octanol–water partition coefficient (Wildman–Crippen LogP) is 1.96. The number of rotatable bonds is 3. The molecule has 2 aliphatic rings. The highest BCUT2D eigenvalue weighted by Crippen LogP contribution is 2.38. The van der Waals surface area contributed by atoms with Crippen molar-refractivity contribution in [3.8, 4) is 0 Å². The molecule has 0 bridgehead atoms. The second kappa shape index (κ2) is 6.15. The van der Waals surface area contributed by atoms with Crippen LogP contribution in [0.1, 0.15) is 40.1 Å². The number of nitrogens with one attached hydrogen (secondary N) is 2. The highest BCUT2D eigenvalue weighted by molar-refractivity contribution is 7.17. The lowest BCUT2D eigenvalue weighted by molar-refractivity contribution is -0.119. The Balaban J connectivity index is 1.88. The first-order chi connectivity index (χ1) is 10.2. The summed E-state index contributed by atoms with van der Waals surface area (Å²) in [5.41, 5.74) is 1.80. The third-order valence-corrected chi connectivity index (χ3v) is 5.37. The van der Waals surface area contributed by atoms with Crippen molar-refractivity contribution in [2.24, 2.45) is 5.92 Å². The molecule has 2 amide bonds. The maximum absolute atomic E-state index is 12.3. The lowest BCUT2D eigenvalue weighted by Gasteiger charge is -2.12. The lowest BCUT2D eigenvalue weighted by atomic mass is 9.95. The van der Waals surface area contributed by atoms with E-state index in [1.54, 1.807) is 18.4 Å². The zero-order valence-electron chi connectivity index (χ0n) is 12.2. The summed E-state index contributed by atoms with van der Waals surface area (Å²) in [4.78, 5) is 25.7. The van der Waals surface area contributed by atoms with Gasteiger partial charge in [-0.05, 0) is 37.7 Å². The smallest absolute Gasteiger partial charge is 0.254 e. The fraction of sp³-hybridized carbons (Fsp3) is 0.600. The van der Waals surface area contributed by atoms with Gasteiger partial charge in [-0.2, -0.15) is 0 Å². The van der Waals surface area contributed by atoms with E-state index in [0.29, 0.717) is 23.8 Å². The maximum Gasteiger partial charge on any atom is 0.254 e. The lowest BCUT2D eigenvalue weighted by Crippen LogP contribution is -2.25. The Morgan fingerprint density at radius 3 is 2.81 bits per heavy atom. The van der Waals surface area contributed by atoms with Gasteiger partial charge in [0.15, 0.2) is 0 Å². The molecule has 0 unspecified atom stereocenters. The fourth-order valence-corrected chi connectivity index (χ4v) is 4.26. The summed E-state index contributed by atoms with van der Waals surface area (Å²) >= 11 is 1.56. The molecule has 3 rings (SSSR count). The molecule has 0 aromatic carbocycles. The second-order valence-electron chi connectivity index (χ2n) is 5.54. The van der Waals surface area contributed by atoms with Crippen molar-refractivity contribution in [2.45, 2.75) is 32.1 Å². The molecule has 1 aromatic heterocycles. The summed E-state index contributed by atoms with van der Waals surface area (Å²) in [5.74, 6) is -0.231. The van der Waals surface area contributed by atoms with Crippen molar-refractivity contribution in [2.75, 3.05) is 25.6 Å². The van der Waals surface area contributed by atoms with Crippen LogP contribution in [0, 0.1) is 5.92 Å². The SMILES string of the molecule is CNC(=O)c1c(NC(=O)[C@H]2CCOC2)sc2c1CCCC2. The van der Waals surface area contributed by atoms with Crippen molar-refractivity contribution in [1.82, 2.24) is 5.32 Å². The molecule has 1 atom stereocenters. The molecule has 1 fully saturated rings. The molecule has 5 nitrogen and oxygen atoms in total. The topological polar surface area (TPSA) is 67.4 Å². The van der Waals surface area contributed by atoms with Crippen LogP contribution in [0.5, 0.6) is 0 Å². The van der Waals surface area contributed by atoms with E-state index in [0.717, 1.165) is 37.7 Å². The van der Waals surface area contributed by atoms with Crippen molar-refractivity contribution >= 4 is 28.2 Å². The number of anilines is 1. The summed E-state index contributed by atoms with van der Waals surface area (Å²) in [6, 6.07) is 0. The Bertz CT molecular complexity index is 562. The Labute approximate surface area is 128 Å². The van der Waals surface area contributed by atoms with Crippen LogP contribution in [-0.4, -0.2) is 32.1 Å². The average molecular weight is 308 g/mol. The molecule has 114 valence electrons. The van der Waals surface area contributed by atoms with Crippen molar-refractivity contribution in [3.63, 3.8) is 0 Å². The standard InChI is InChI=1S/C15H20N2O3S/c1-16-14(19)12-10-4-2-3-5-11(10)21-15(12)17-13(18)9-6-7-20-8-9/h9H,2-8H2,1H3,(H,16,19)(H,17,18)/t9-/m0/s1. The first-order valence-electron chi connectivity index (χ1n) is 7.46. The predicted molar refractivity (Wildman–Crippen MR) is 81.9 cm³/mol. The van der Waals surface area contributed by atoms with Crippen LogP contribution in [0.25, 0.3) is 0 Å². The fourth-order valence-electron chi connectivity index (χ4n) is 2.97. The first kappa shape index (κ1) is 14.5. The van der Waals surface area contributed by atoms with Gasteiger partial charge in [0.05, 0.1) is 18.1 Å². The van der Waals surface area contributed by atoms with Gasteiger partial charge in [0.25, 0.3) is 5.91 Å². The van der Waals surface area contributed by atoms with Crippen LogP contribution in [-0.2, 0) is 22.4 Å². The summed E-state index contributed by atoms with van der Waals surface area (Å²) in [5, 5.41) is 6.36. The summed E-state index contributed by atoms with van der Waals surface area (Å²) in [6.07, 6.45) is 4.96. The number of amides is 2. The number of thiophene rings is 1. The quantitative estimate of drug-likeness (QED) is 0.897. The molecule has 21 heavy (non-hydrogen) atoms. The monoisotopic (exact) mass is 308 g/mol. The van der Waals surface area contributed by atoms with Crippen molar-refractivity contribution in [1.29, 1.82) is 0 Å². The summed E-state index contributed by atoms with van der Waals surface area (Å²) in [6.45, 7) is 1.12. The number of carbonyl (C=O) groups is 2. The van der Waals surface area contributed by atoms with E-state index in [2.05, 4.69) is 10.6 Å². The maximum atomic E-state index is 12.3. The van der Waals surface area contributed by atoms with E-state index >= 15 is 0 Å². The molecular formula is C15H20N2O3S. The van der Waals surface area contributed by atoms with Gasteiger partial charge in [0, 0.05) is 18.5 Å². The summed E-state index contributed by atoms with van der Waals surface area (Å²) < 4.78 is 5.26. The minimum absolute atomic E-state index is 0.0312. The molecule has 1 saturated heterocycles. The van der Waals surface area contributed by atoms with Crippen LogP contribution in [0.4, 0.5) is 5.00 Å². The minimum atomic E-state index is -0.104. The average Bonchev–Trinajstić information content (AvgIpc) is 3.13. The highest BCUT2D eigenvalue weighted by Gasteiger charge is 2.29. The van der Waals surface area contributed by atoms with Crippen LogP contribution in [0.15, 0.2) is 0 Å². The molecule has 1 aliphatic carbocycles. The van der Waals surface area contributed by atoms with E-state index in [1.165, 1.54) is 4.88 Å². The zero-order valence-corrected chi connectivity index (χ0v) is 13.0. The van der Waals surface area contributed by atoms with Crippen LogP contribution in [0.2, 0.25) is 0 Å². The Morgan fingerprint density at radius 1 is 1.29 bits per heavy atom. The normalized spacial score (nSPS) is 20.9. The number of hydrogen-bond acceptors (Lipinski definition) is 4. The highest BCUT2D eigenvalue weighted by atomic mass is 32.1. The van der Waals surface area contributed by atoms with Gasteiger partial charge in [0.2, 0.25) is 5.91 Å². The van der Waals surface area contributed by atoms with Crippen LogP contribution < -0.4 is 10.6 Å². The van der Waals surface area contributed by atoms with Gasteiger partial charge in [-0.1, -0.05) is 0 Å². The number of fused-ring (bicyclic) bond motifs is 1. The molecular weight excluding hydrogens is 288 g/mol. The third-order valence-electron chi connectivity index (χ3n) is 4.16. The molecule has 6 heteroatoms. The molecule has 2 heterocycles. The largest absolute Gasteiger partial charge is 0.381 e. The number of ether oxygens (including phenoxy) is 1. The van der Waals surface area contributed by atoms with Gasteiger partial charge < -0.3 is 15.4 Å². The van der Waals surface area contributed by atoms with E-state index < -0.39 is 0 Å². The Kier molecular flexibility index (Phi) is 4.26. The van der Waals surface area contributed by atoms with Crippen LogP contribution >= 0.6 is 11.3 Å². The summed E-state index contributed by atoms with van der Waals surface area (Å²) in [7, 11) is 1.63. The minimum Gasteiger partial charge on any atom is -0.381 e. The molecule has 0 radical (unpaired) electrons. The molecule has 1 aromatic rings. The Morgan fingerprint density at radius 2 is 2.10 bits per heavy atom. The van der Waals surface area contributed by atoms with E-state index in [4.69, 9.17) is 4.74 Å². The van der Waals surface area contributed by atoms with E-state index in [9.17, 15) is 9.59 Å². The van der Waals surface area contributed by atoms with Gasteiger partial charge >= 0.3 is 0 Å². The molecule has 2 N–H and O–H groups in total. The van der Waals surface area contributed by atoms with Gasteiger partial charge in [-0.3, -0.25) is 9.59 Å². The van der Waals surface area contributed by atoms with E-state index in [-0.39, 0.29) is 17.7 Å². The molecule has 0 spiro atoms. The van der Waals surface area contributed by atoms with Gasteiger partial charge in [-0.15, -0.1) is 11.3 Å². The molecule has 0 saturated carbocycles. The van der Waals surface area contributed by atoms with E-state index in [1.807, 2.05) is 0 Å². The third kappa shape index (κ3) is 2.82. The number of carbonyl (C=O) groups excluding carboxylic acids is 2. The number of hydrogen-bond donors (Lipinski definition) is 2. The second-order valence-corrected chi connectivity index (χ2v) is 6.65. The van der Waals surface area contributed by atoms with Crippen molar-refractivity contribution < 1.29 is 14.3 Å². The first-order valence-corrected chi connectivity index (χ1v) is 8.27. The van der Waals surface area contributed by atoms with Gasteiger partial charge in [-0.25, -0.2) is 0 Å².